The Morgan fingerprint density at radius 1 is 1.03 bits per heavy atom. The third-order valence-corrected chi connectivity index (χ3v) is 4.96. The van der Waals surface area contributed by atoms with Gasteiger partial charge in [-0.25, -0.2) is 9.20 Å². The number of aromatic nitrogens is 6. The van der Waals surface area contributed by atoms with E-state index in [1.807, 2.05) is 54.2 Å². The molecule has 0 radical (unpaired) electrons. The van der Waals surface area contributed by atoms with E-state index in [1.54, 1.807) is 29.3 Å². The van der Waals surface area contributed by atoms with Gasteiger partial charge in [-0.15, -0.1) is 0 Å². The van der Waals surface area contributed by atoms with Crippen LogP contribution in [-0.4, -0.2) is 35.3 Å². The highest BCUT2D eigenvalue weighted by atomic mass is 16.1. The molecule has 5 rings (SSSR count). The van der Waals surface area contributed by atoms with Crippen LogP contribution in [0.3, 0.4) is 0 Å². The van der Waals surface area contributed by atoms with Crippen LogP contribution in [0.15, 0.2) is 67.4 Å². The number of nitrogens with one attached hydrogen (secondary N) is 1. The van der Waals surface area contributed by atoms with Gasteiger partial charge < -0.3 is 5.32 Å². The minimum absolute atomic E-state index is 0.0886. The minimum atomic E-state index is -0.0886. The first-order chi connectivity index (χ1) is 14.7. The maximum absolute atomic E-state index is 12.4. The minimum Gasteiger partial charge on any atom is -0.352 e. The first kappa shape index (κ1) is 18.0. The van der Waals surface area contributed by atoms with Gasteiger partial charge in [-0.05, 0) is 37.3 Å². The van der Waals surface area contributed by atoms with E-state index in [4.69, 9.17) is 0 Å². The zero-order valence-corrected chi connectivity index (χ0v) is 16.4. The highest BCUT2D eigenvalue weighted by Gasteiger charge is 2.11. The molecule has 0 unspecified atom stereocenters. The Labute approximate surface area is 172 Å². The van der Waals surface area contributed by atoms with E-state index in [1.165, 1.54) is 0 Å². The molecule has 1 N–H and O–H groups in total. The molecule has 5 aromatic rings. The molecule has 1 amide bonds. The molecule has 0 aliphatic heterocycles. The summed E-state index contributed by atoms with van der Waals surface area (Å²) in [5, 5.41) is 12.6. The van der Waals surface area contributed by atoms with Crippen LogP contribution in [0, 0.1) is 6.92 Å². The second-order valence-electron chi connectivity index (χ2n) is 7.10. The van der Waals surface area contributed by atoms with Gasteiger partial charge in [-0.2, -0.15) is 10.2 Å². The number of fused-ring (bicyclic) bond motifs is 2. The van der Waals surface area contributed by atoms with Gasteiger partial charge in [0.25, 0.3) is 0 Å². The Hall–Kier alpha value is -4.07. The van der Waals surface area contributed by atoms with Crippen molar-refractivity contribution in [2.45, 2.75) is 19.9 Å². The van der Waals surface area contributed by atoms with Gasteiger partial charge >= 0.3 is 0 Å². The van der Waals surface area contributed by atoms with Crippen molar-refractivity contribution in [1.82, 2.24) is 34.7 Å². The molecule has 8 nitrogen and oxygen atoms in total. The quantitative estimate of drug-likeness (QED) is 0.492. The Bertz CT molecular complexity index is 1370. The Kier molecular flexibility index (Phi) is 4.44. The van der Waals surface area contributed by atoms with E-state index in [0.29, 0.717) is 12.2 Å². The molecule has 30 heavy (non-hydrogen) atoms. The normalized spacial score (nSPS) is 11.2. The fourth-order valence-electron chi connectivity index (χ4n) is 3.48. The summed E-state index contributed by atoms with van der Waals surface area (Å²) in [6.45, 7) is 2.37. The number of nitrogens with zero attached hydrogens (tertiary/aromatic N) is 6. The monoisotopic (exact) mass is 397 g/mol. The van der Waals surface area contributed by atoms with Gasteiger partial charge in [-0.3, -0.25) is 14.8 Å². The summed E-state index contributed by atoms with van der Waals surface area (Å²) in [7, 11) is 0. The van der Waals surface area contributed by atoms with E-state index in [-0.39, 0.29) is 12.3 Å². The van der Waals surface area contributed by atoms with Crippen molar-refractivity contribution in [1.29, 1.82) is 0 Å². The fourth-order valence-corrected chi connectivity index (χ4v) is 3.48. The van der Waals surface area contributed by atoms with Gasteiger partial charge in [0.2, 0.25) is 5.91 Å². The fraction of sp³-hybridized carbons (Fsp3) is 0.136. The van der Waals surface area contributed by atoms with Gasteiger partial charge in [-0.1, -0.05) is 6.07 Å². The first-order valence-corrected chi connectivity index (χ1v) is 9.61. The van der Waals surface area contributed by atoms with Crippen LogP contribution in [0.5, 0.6) is 0 Å². The van der Waals surface area contributed by atoms with Crippen LogP contribution in [0.25, 0.3) is 22.1 Å². The molecular formula is C22H19N7O. The smallest absolute Gasteiger partial charge is 0.226 e. The molecule has 0 fully saturated rings. The molecule has 8 heteroatoms. The van der Waals surface area contributed by atoms with Crippen molar-refractivity contribution < 1.29 is 4.79 Å². The number of carbonyl (C=O) groups excluding carboxylic acids is 1. The topological polar surface area (TPSA) is 90.0 Å². The molecule has 5 heterocycles. The summed E-state index contributed by atoms with van der Waals surface area (Å²) >= 11 is 0. The third-order valence-electron chi connectivity index (χ3n) is 4.96. The summed E-state index contributed by atoms with van der Waals surface area (Å²) in [5.74, 6) is -0.0886. The first-order valence-electron chi connectivity index (χ1n) is 9.61. The molecule has 0 bridgehead atoms. The molecule has 0 atom stereocenters. The van der Waals surface area contributed by atoms with Crippen LogP contribution in [0.4, 0.5) is 0 Å². The highest BCUT2D eigenvalue weighted by Crippen LogP contribution is 2.19. The highest BCUT2D eigenvalue weighted by molar-refractivity contribution is 5.83. The molecule has 0 saturated carbocycles. The Morgan fingerprint density at radius 3 is 2.87 bits per heavy atom. The van der Waals surface area contributed by atoms with Crippen molar-refractivity contribution in [2.75, 3.05) is 0 Å². The third kappa shape index (κ3) is 3.39. The summed E-state index contributed by atoms with van der Waals surface area (Å²) < 4.78 is 3.62. The molecule has 0 aliphatic carbocycles. The number of amides is 1. The summed E-state index contributed by atoms with van der Waals surface area (Å²) in [6, 6.07) is 11.6. The van der Waals surface area contributed by atoms with E-state index in [0.717, 1.165) is 33.4 Å². The SMILES string of the molecule is Cc1cc(-n2ncc3cc(CC(=O)NCc4cnn5ccccc45)ncc32)ccn1. The zero-order chi connectivity index (χ0) is 20.5. The number of hydrogen-bond acceptors (Lipinski definition) is 5. The van der Waals surface area contributed by atoms with Crippen molar-refractivity contribution in [3.05, 3.63) is 84.3 Å². The van der Waals surface area contributed by atoms with Gasteiger partial charge in [0.1, 0.15) is 0 Å². The van der Waals surface area contributed by atoms with Gasteiger partial charge in [0.15, 0.2) is 0 Å². The molecule has 148 valence electrons. The van der Waals surface area contributed by atoms with E-state index < -0.39 is 0 Å². The van der Waals surface area contributed by atoms with Crippen molar-refractivity contribution in [3.8, 4) is 5.69 Å². The van der Waals surface area contributed by atoms with Crippen LogP contribution < -0.4 is 5.32 Å². The Balaban J connectivity index is 1.30. The maximum atomic E-state index is 12.4. The average Bonchev–Trinajstić information content (AvgIpc) is 3.36. The van der Waals surface area contributed by atoms with Crippen molar-refractivity contribution in [3.63, 3.8) is 0 Å². The largest absolute Gasteiger partial charge is 0.352 e. The number of pyridine rings is 3. The summed E-state index contributed by atoms with van der Waals surface area (Å²) in [4.78, 5) is 21.1. The standard InChI is InChI=1S/C22H19N7O/c1-15-8-19(5-6-23-15)29-21-14-24-18(9-16(21)12-27-29)10-22(30)25-11-17-13-26-28-7-3-2-4-20(17)28/h2-9,12-14H,10-11H2,1H3,(H,25,30). The molecular weight excluding hydrogens is 378 g/mol. The van der Waals surface area contributed by atoms with E-state index in [2.05, 4.69) is 25.5 Å². The van der Waals surface area contributed by atoms with Crippen molar-refractivity contribution >= 4 is 22.3 Å². The van der Waals surface area contributed by atoms with Gasteiger partial charge in [0.05, 0.1) is 47.4 Å². The Morgan fingerprint density at radius 2 is 1.97 bits per heavy atom. The molecule has 5 aromatic heterocycles. The summed E-state index contributed by atoms with van der Waals surface area (Å²) in [5.41, 5.74) is 5.39. The molecule has 0 aromatic carbocycles. The zero-order valence-electron chi connectivity index (χ0n) is 16.4. The lowest BCUT2D eigenvalue weighted by atomic mass is 10.2. The maximum Gasteiger partial charge on any atom is 0.226 e. The number of hydrogen-bond donors (Lipinski definition) is 1. The molecule has 0 aliphatic rings. The number of rotatable bonds is 5. The predicted molar refractivity (Wildman–Crippen MR) is 112 cm³/mol. The molecule has 0 saturated heterocycles. The number of carbonyl (C=O) groups is 1. The van der Waals surface area contributed by atoms with E-state index >= 15 is 0 Å². The lowest BCUT2D eigenvalue weighted by Gasteiger charge is -2.06. The van der Waals surface area contributed by atoms with Crippen LogP contribution >= 0.6 is 0 Å². The van der Waals surface area contributed by atoms with Crippen LogP contribution in [0.1, 0.15) is 17.0 Å². The number of aryl methyl sites for hydroxylation is 1. The lowest BCUT2D eigenvalue weighted by Crippen LogP contribution is -2.24. The van der Waals surface area contributed by atoms with Crippen molar-refractivity contribution in [2.24, 2.45) is 0 Å². The molecule has 0 spiro atoms. The predicted octanol–water partition coefficient (Wildman–Crippen LogP) is 2.63. The average molecular weight is 397 g/mol. The summed E-state index contributed by atoms with van der Waals surface area (Å²) in [6.07, 6.45) is 9.16. The van der Waals surface area contributed by atoms with Crippen LogP contribution in [-0.2, 0) is 17.8 Å². The van der Waals surface area contributed by atoms with E-state index in [9.17, 15) is 4.79 Å². The van der Waals surface area contributed by atoms with Gasteiger partial charge in [0, 0.05) is 35.6 Å². The lowest BCUT2D eigenvalue weighted by molar-refractivity contribution is -0.120. The van der Waals surface area contributed by atoms with Crippen LogP contribution in [0.2, 0.25) is 0 Å². The second kappa shape index (κ2) is 7.40. The second-order valence-corrected chi connectivity index (χ2v) is 7.10.